The molecule has 0 saturated carbocycles. The van der Waals surface area contributed by atoms with Gasteiger partial charge in [-0.25, -0.2) is 0 Å². The van der Waals surface area contributed by atoms with E-state index in [0.29, 0.717) is 0 Å². The standard InChI is InChI=1S/C15H17N.ClH/c1-12(16)15(13-8-4-2-5-9-13)14-10-6-3-7-11-14;/h2-12,15H,16H2,1H3;1H/t12-;/m1./s1. The quantitative estimate of drug-likeness (QED) is 0.882. The molecule has 2 aromatic rings. The van der Waals surface area contributed by atoms with Gasteiger partial charge in [-0.05, 0) is 18.1 Å². The Morgan fingerprint density at radius 3 is 1.41 bits per heavy atom. The Balaban J connectivity index is 0.00000144. The Hall–Kier alpha value is -1.31. The summed E-state index contributed by atoms with van der Waals surface area (Å²) < 4.78 is 0. The lowest BCUT2D eigenvalue weighted by molar-refractivity contribution is 0.645. The summed E-state index contributed by atoms with van der Waals surface area (Å²) in [6.45, 7) is 2.06. The first-order valence-electron chi connectivity index (χ1n) is 5.64. The van der Waals surface area contributed by atoms with Crippen LogP contribution < -0.4 is 5.73 Å². The van der Waals surface area contributed by atoms with Crippen molar-refractivity contribution in [2.24, 2.45) is 5.73 Å². The highest BCUT2D eigenvalue weighted by atomic mass is 35.5. The van der Waals surface area contributed by atoms with Gasteiger partial charge in [-0.1, -0.05) is 60.7 Å². The van der Waals surface area contributed by atoms with E-state index in [-0.39, 0.29) is 24.4 Å². The van der Waals surface area contributed by atoms with Crippen LogP contribution in [0.3, 0.4) is 0 Å². The van der Waals surface area contributed by atoms with Crippen LogP contribution in [0.15, 0.2) is 60.7 Å². The van der Waals surface area contributed by atoms with Crippen molar-refractivity contribution in [1.29, 1.82) is 0 Å². The zero-order valence-corrected chi connectivity index (χ0v) is 10.7. The Kier molecular flexibility index (Phi) is 5.20. The topological polar surface area (TPSA) is 26.0 Å². The van der Waals surface area contributed by atoms with E-state index in [2.05, 4.69) is 55.5 Å². The van der Waals surface area contributed by atoms with E-state index in [9.17, 15) is 0 Å². The Bertz CT molecular complexity index is 386. The van der Waals surface area contributed by atoms with Crippen molar-refractivity contribution in [3.8, 4) is 0 Å². The molecule has 2 rings (SSSR count). The van der Waals surface area contributed by atoms with Crippen molar-refractivity contribution < 1.29 is 0 Å². The third kappa shape index (κ3) is 3.32. The predicted molar refractivity (Wildman–Crippen MR) is 75.6 cm³/mol. The lowest BCUT2D eigenvalue weighted by Gasteiger charge is -2.21. The minimum atomic E-state index is 0. The first kappa shape index (κ1) is 13.8. The largest absolute Gasteiger partial charge is 0.327 e. The fraction of sp³-hybridized carbons (Fsp3) is 0.200. The van der Waals surface area contributed by atoms with Gasteiger partial charge in [0, 0.05) is 12.0 Å². The highest BCUT2D eigenvalue weighted by Crippen LogP contribution is 2.26. The predicted octanol–water partition coefficient (Wildman–Crippen LogP) is 3.59. The zero-order valence-electron chi connectivity index (χ0n) is 9.91. The van der Waals surface area contributed by atoms with Crippen molar-refractivity contribution in [1.82, 2.24) is 0 Å². The normalized spacial score (nSPS) is 11.9. The summed E-state index contributed by atoms with van der Waals surface area (Å²) in [6.07, 6.45) is 0. The molecule has 0 aliphatic carbocycles. The fourth-order valence-corrected chi connectivity index (χ4v) is 2.12. The Labute approximate surface area is 109 Å². The van der Waals surface area contributed by atoms with Gasteiger partial charge in [0.05, 0.1) is 0 Å². The van der Waals surface area contributed by atoms with Gasteiger partial charge < -0.3 is 5.73 Å². The van der Waals surface area contributed by atoms with Crippen LogP contribution in [0.2, 0.25) is 0 Å². The molecular weight excluding hydrogens is 230 g/mol. The minimum Gasteiger partial charge on any atom is -0.327 e. The van der Waals surface area contributed by atoms with Crippen molar-refractivity contribution in [2.75, 3.05) is 0 Å². The molecule has 0 heterocycles. The van der Waals surface area contributed by atoms with Crippen LogP contribution in [0.5, 0.6) is 0 Å². The third-order valence-electron chi connectivity index (χ3n) is 2.84. The average molecular weight is 248 g/mol. The molecule has 90 valence electrons. The van der Waals surface area contributed by atoms with Crippen molar-refractivity contribution >= 4 is 12.4 Å². The van der Waals surface area contributed by atoms with E-state index in [1.165, 1.54) is 11.1 Å². The van der Waals surface area contributed by atoms with Gasteiger partial charge in [-0.3, -0.25) is 0 Å². The molecule has 0 aliphatic rings. The van der Waals surface area contributed by atoms with Crippen LogP contribution in [-0.4, -0.2) is 6.04 Å². The fourth-order valence-electron chi connectivity index (χ4n) is 2.12. The summed E-state index contributed by atoms with van der Waals surface area (Å²) >= 11 is 0. The highest BCUT2D eigenvalue weighted by molar-refractivity contribution is 5.85. The third-order valence-corrected chi connectivity index (χ3v) is 2.84. The van der Waals surface area contributed by atoms with E-state index in [1.807, 2.05) is 12.1 Å². The molecule has 0 fully saturated rings. The summed E-state index contributed by atoms with van der Waals surface area (Å²) in [5.41, 5.74) is 8.66. The van der Waals surface area contributed by atoms with Crippen LogP contribution in [0.1, 0.15) is 24.0 Å². The van der Waals surface area contributed by atoms with Gasteiger partial charge in [0.1, 0.15) is 0 Å². The first-order valence-corrected chi connectivity index (χ1v) is 5.64. The molecule has 0 aliphatic heterocycles. The van der Waals surface area contributed by atoms with Crippen LogP contribution >= 0.6 is 12.4 Å². The smallest absolute Gasteiger partial charge is 0.0238 e. The maximum absolute atomic E-state index is 6.10. The molecule has 1 nitrogen and oxygen atoms in total. The lowest BCUT2D eigenvalue weighted by Crippen LogP contribution is -2.25. The molecule has 0 aromatic heterocycles. The summed E-state index contributed by atoms with van der Waals surface area (Å²) in [5.74, 6) is 0.280. The van der Waals surface area contributed by atoms with E-state index in [1.54, 1.807) is 0 Å². The SMILES string of the molecule is C[C@@H](N)C(c1ccccc1)c1ccccc1.Cl. The van der Waals surface area contributed by atoms with E-state index >= 15 is 0 Å². The monoisotopic (exact) mass is 247 g/mol. The van der Waals surface area contributed by atoms with Crippen LogP contribution in [0, 0.1) is 0 Å². The van der Waals surface area contributed by atoms with Gasteiger partial charge in [0.25, 0.3) is 0 Å². The summed E-state index contributed by atoms with van der Waals surface area (Å²) in [6, 6.07) is 21.0. The number of halogens is 1. The van der Waals surface area contributed by atoms with Crippen molar-refractivity contribution in [2.45, 2.75) is 18.9 Å². The first-order chi connectivity index (χ1) is 7.79. The van der Waals surface area contributed by atoms with Gasteiger partial charge in [0.2, 0.25) is 0 Å². The molecule has 17 heavy (non-hydrogen) atoms. The highest BCUT2D eigenvalue weighted by Gasteiger charge is 2.17. The molecular formula is C15H18ClN. The summed E-state index contributed by atoms with van der Waals surface area (Å²) in [5, 5.41) is 0. The number of nitrogens with two attached hydrogens (primary N) is 1. The number of rotatable bonds is 3. The maximum atomic E-state index is 6.10. The molecule has 0 bridgehead atoms. The summed E-state index contributed by atoms with van der Waals surface area (Å²) in [4.78, 5) is 0. The number of benzene rings is 2. The maximum Gasteiger partial charge on any atom is 0.0238 e. The molecule has 0 saturated heterocycles. The van der Waals surface area contributed by atoms with Crippen LogP contribution in [0.4, 0.5) is 0 Å². The molecule has 2 heteroatoms. The van der Waals surface area contributed by atoms with Gasteiger partial charge in [-0.2, -0.15) is 0 Å². The van der Waals surface area contributed by atoms with E-state index in [0.717, 1.165) is 0 Å². The summed E-state index contributed by atoms with van der Waals surface area (Å²) in [7, 11) is 0. The van der Waals surface area contributed by atoms with Crippen LogP contribution in [-0.2, 0) is 0 Å². The van der Waals surface area contributed by atoms with E-state index in [4.69, 9.17) is 5.73 Å². The molecule has 2 aromatic carbocycles. The Morgan fingerprint density at radius 1 is 0.765 bits per heavy atom. The Morgan fingerprint density at radius 2 is 1.12 bits per heavy atom. The molecule has 0 spiro atoms. The zero-order chi connectivity index (χ0) is 11.4. The molecule has 0 unspecified atom stereocenters. The van der Waals surface area contributed by atoms with Gasteiger partial charge in [-0.15, -0.1) is 12.4 Å². The molecule has 0 radical (unpaired) electrons. The van der Waals surface area contributed by atoms with Crippen molar-refractivity contribution in [3.63, 3.8) is 0 Å². The second-order valence-electron chi connectivity index (χ2n) is 4.16. The van der Waals surface area contributed by atoms with E-state index < -0.39 is 0 Å². The van der Waals surface area contributed by atoms with Crippen LogP contribution in [0.25, 0.3) is 0 Å². The average Bonchev–Trinajstić information content (AvgIpc) is 2.31. The minimum absolute atomic E-state index is 0. The number of hydrogen-bond acceptors (Lipinski definition) is 1. The second kappa shape index (κ2) is 6.43. The molecule has 0 amide bonds. The molecule has 1 atom stereocenters. The lowest BCUT2D eigenvalue weighted by atomic mass is 9.86. The number of hydrogen-bond donors (Lipinski definition) is 1. The van der Waals surface area contributed by atoms with Crippen molar-refractivity contribution in [3.05, 3.63) is 71.8 Å². The molecule has 2 N–H and O–H groups in total. The van der Waals surface area contributed by atoms with Gasteiger partial charge in [0.15, 0.2) is 0 Å². The van der Waals surface area contributed by atoms with Gasteiger partial charge >= 0.3 is 0 Å². The second-order valence-corrected chi connectivity index (χ2v) is 4.16.